The highest BCUT2D eigenvalue weighted by molar-refractivity contribution is 5.01. The summed E-state index contributed by atoms with van der Waals surface area (Å²) in [7, 11) is 0. The van der Waals surface area contributed by atoms with E-state index in [4.69, 9.17) is 4.74 Å². The fourth-order valence-electron chi connectivity index (χ4n) is 3.58. The normalized spacial score (nSPS) is 26.6. The van der Waals surface area contributed by atoms with Crippen LogP contribution in [0.5, 0.6) is 0 Å². The van der Waals surface area contributed by atoms with Crippen molar-refractivity contribution in [1.29, 1.82) is 0 Å². The van der Waals surface area contributed by atoms with Crippen LogP contribution in [0.4, 0.5) is 0 Å². The summed E-state index contributed by atoms with van der Waals surface area (Å²) in [6, 6.07) is 0.619. The standard InChI is InChI=1S/C14H27NO/c1-3-15-13(12-8-7-9-12)14(16-4-2)10-5-6-11-14/h12-13,15H,3-11H2,1-2H3. The summed E-state index contributed by atoms with van der Waals surface area (Å²) in [5.74, 6) is 0.879. The van der Waals surface area contributed by atoms with E-state index in [1.807, 2.05) is 0 Å². The summed E-state index contributed by atoms with van der Waals surface area (Å²) in [6.07, 6.45) is 9.50. The first-order valence-electron chi connectivity index (χ1n) is 7.19. The van der Waals surface area contributed by atoms with E-state index in [0.717, 1.165) is 19.1 Å². The Morgan fingerprint density at radius 1 is 1.19 bits per heavy atom. The van der Waals surface area contributed by atoms with Crippen molar-refractivity contribution in [3.8, 4) is 0 Å². The topological polar surface area (TPSA) is 21.3 Å². The van der Waals surface area contributed by atoms with Crippen LogP contribution in [0.1, 0.15) is 58.8 Å². The van der Waals surface area contributed by atoms with Gasteiger partial charge in [-0.15, -0.1) is 0 Å². The molecule has 0 bridgehead atoms. The number of hydrogen-bond donors (Lipinski definition) is 1. The zero-order valence-corrected chi connectivity index (χ0v) is 10.9. The fourth-order valence-corrected chi connectivity index (χ4v) is 3.58. The Bertz CT molecular complexity index is 207. The van der Waals surface area contributed by atoms with Crippen molar-refractivity contribution in [2.75, 3.05) is 13.2 Å². The van der Waals surface area contributed by atoms with E-state index in [9.17, 15) is 0 Å². The fraction of sp³-hybridized carbons (Fsp3) is 1.00. The molecule has 2 saturated carbocycles. The van der Waals surface area contributed by atoms with Gasteiger partial charge in [0.25, 0.3) is 0 Å². The van der Waals surface area contributed by atoms with Gasteiger partial charge in [0.2, 0.25) is 0 Å². The number of ether oxygens (including phenoxy) is 1. The smallest absolute Gasteiger partial charge is 0.0837 e. The highest BCUT2D eigenvalue weighted by Gasteiger charge is 2.46. The molecule has 0 aliphatic heterocycles. The van der Waals surface area contributed by atoms with Gasteiger partial charge < -0.3 is 10.1 Å². The summed E-state index contributed by atoms with van der Waals surface area (Å²) in [6.45, 7) is 6.31. The highest BCUT2D eigenvalue weighted by Crippen LogP contribution is 2.43. The molecule has 2 heteroatoms. The largest absolute Gasteiger partial charge is 0.374 e. The zero-order chi connectivity index (χ0) is 11.4. The van der Waals surface area contributed by atoms with E-state index in [0.29, 0.717) is 6.04 Å². The maximum absolute atomic E-state index is 6.20. The number of nitrogens with one attached hydrogen (secondary N) is 1. The lowest BCUT2D eigenvalue weighted by Gasteiger charge is -2.45. The molecule has 1 unspecified atom stereocenters. The van der Waals surface area contributed by atoms with Crippen molar-refractivity contribution in [1.82, 2.24) is 5.32 Å². The van der Waals surface area contributed by atoms with Crippen LogP contribution in [0.25, 0.3) is 0 Å². The van der Waals surface area contributed by atoms with Gasteiger partial charge in [0.1, 0.15) is 0 Å². The lowest BCUT2D eigenvalue weighted by atomic mass is 9.72. The third-order valence-electron chi connectivity index (χ3n) is 4.49. The molecule has 2 fully saturated rings. The van der Waals surface area contributed by atoms with Crippen LogP contribution < -0.4 is 5.32 Å². The zero-order valence-electron chi connectivity index (χ0n) is 10.9. The van der Waals surface area contributed by atoms with Gasteiger partial charge in [-0.2, -0.15) is 0 Å². The summed E-state index contributed by atoms with van der Waals surface area (Å²) in [5, 5.41) is 3.73. The molecule has 0 amide bonds. The first-order valence-corrected chi connectivity index (χ1v) is 7.19. The van der Waals surface area contributed by atoms with Crippen LogP contribution in [0.15, 0.2) is 0 Å². The van der Waals surface area contributed by atoms with Crippen molar-refractivity contribution in [3.05, 3.63) is 0 Å². The van der Waals surface area contributed by atoms with Gasteiger partial charge in [-0.1, -0.05) is 26.2 Å². The van der Waals surface area contributed by atoms with Crippen molar-refractivity contribution in [2.24, 2.45) is 5.92 Å². The van der Waals surface area contributed by atoms with Crippen molar-refractivity contribution in [3.63, 3.8) is 0 Å². The monoisotopic (exact) mass is 225 g/mol. The molecule has 0 spiro atoms. The molecular weight excluding hydrogens is 198 g/mol. The molecule has 0 aromatic rings. The van der Waals surface area contributed by atoms with Gasteiger partial charge in [0.05, 0.1) is 5.60 Å². The van der Waals surface area contributed by atoms with E-state index in [1.165, 1.54) is 44.9 Å². The second kappa shape index (κ2) is 5.50. The van der Waals surface area contributed by atoms with Crippen LogP contribution in [0.2, 0.25) is 0 Å². The molecule has 0 saturated heterocycles. The van der Waals surface area contributed by atoms with Gasteiger partial charge in [-0.05, 0) is 45.1 Å². The van der Waals surface area contributed by atoms with E-state index in [1.54, 1.807) is 0 Å². The molecule has 1 N–H and O–H groups in total. The minimum atomic E-state index is 0.176. The average molecular weight is 225 g/mol. The lowest BCUT2D eigenvalue weighted by molar-refractivity contribution is -0.0836. The molecular formula is C14H27NO. The average Bonchev–Trinajstić information content (AvgIpc) is 2.65. The van der Waals surface area contributed by atoms with E-state index >= 15 is 0 Å². The van der Waals surface area contributed by atoms with E-state index in [2.05, 4.69) is 19.2 Å². The second-order valence-corrected chi connectivity index (χ2v) is 5.43. The minimum absolute atomic E-state index is 0.176. The maximum Gasteiger partial charge on any atom is 0.0837 e. The minimum Gasteiger partial charge on any atom is -0.374 e. The summed E-state index contributed by atoms with van der Waals surface area (Å²) < 4.78 is 6.20. The number of hydrogen-bond acceptors (Lipinski definition) is 2. The number of likely N-dealkylation sites (N-methyl/N-ethyl adjacent to an activating group) is 1. The van der Waals surface area contributed by atoms with Gasteiger partial charge in [-0.25, -0.2) is 0 Å². The third-order valence-corrected chi connectivity index (χ3v) is 4.49. The second-order valence-electron chi connectivity index (χ2n) is 5.43. The van der Waals surface area contributed by atoms with Crippen molar-refractivity contribution >= 4 is 0 Å². The Kier molecular flexibility index (Phi) is 4.26. The molecule has 94 valence electrons. The quantitative estimate of drug-likeness (QED) is 0.750. The molecule has 0 aromatic heterocycles. The third kappa shape index (κ3) is 2.28. The number of rotatable bonds is 6. The first kappa shape index (κ1) is 12.4. The summed E-state index contributed by atoms with van der Waals surface area (Å²) in [5.41, 5.74) is 0.176. The van der Waals surface area contributed by atoms with Crippen molar-refractivity contribution < 1.29 is 4.74 Å². The maximum atomic E-state index is 6.20. The molecule has 16 heavy (non-hydrogen) atoms. The van der Waals surface area contributed by atoms with Crippen LogP contribution in [0, 0.1) is 5.92 Å². The van der Waals surface area contributed by atoms with Gasteiger partial charge in [-0.3, -0.25) is 0 Å². The predicted molar refractivity (Wildman–Crippen MR) is 67.6 cm³/mol. The Morgan fingerprint density at radius 2 is 1.88 bits per heavy atom. The van der Waals surface area contributed by atoms with Crippen LogP contribution in [-0.4, -0.2) is 24.8 Å². The van der Waals surface area contributed by atoms with Crippen LogP contribution in [0.3, 0.4) is 0 Å². The summed E-state index contributed by atoms with van der Waals surface area (Å²) in [4.78, 5) is 0. The Morgan fingerprint density at radius 3 is 2.31 bits per heavy atom. The highest BCUT2D eigenvalue weighted by atomic mass is 16.5. The lowest BCUT2D eigenvalue weighted by Crippen LogP contribution is -2.56. The molecule has 2 rings (SSSR count). The first-order chi connectivity index (χ1) is 7.82. The van der Waals surface area contributed by atoms with E-state index < -0.39 is 0 Å². The van der Waals surface area contributed by atoms with Gasteiger partial charge in [0, 0.05) is 12.6 Å². The molecule has 0 heterocycles. The predicted octanol–water partition coefficient (Wildman–Crippen LogP) is 3.11. The van der Waals surface area contributed by atoms with Gasteiger partial charge in [0.15, 0.2) is 0 Å². The molecule has 2 nitrogen and oxygen atoms in total. The van der Waals surface area contributed by atoms with Crippen LogP contribution >= 0.6 is 0 Å². The van der Waals surface area contributed by atoms with Crippen LogP contribution in [-0.2, 0) is 4.74 Å². The molecule has 0 aromatic carbocycles. The van der Waals surface area contributed by atoms with Gasteiger partial charge >= 0.3 is 0 Å². The van der Waals surface area contributed by atoms with E-state index in [-0.39, 0.29) is 5.60 Å². The Balaban J connectivity index is 2.06. The SMILES string of the molecule is CCNC(C1CCC1)C1(OCC)CCCC1. The molecule has 2 aliphatic carbocycles. The van der Waals surface area contributed by atoms with Crippen molar-refractivity contribution in [2.45, 2.75) is 70.4 Å². The Labute approximate surface area is 100 Å². The Hall–Kier alpha value is -0.0800. The molecule has 1 atom stereocenters. The molecule has 2 aliphatic rings. The molecule has 0 radical (unpaired) electrons. The summed E-state index contributed by atoms with van der Waals surface area (Å²) >= 11 is 0.